The molecule has 0 radical (unpaired) electrons. The minimum Gasteiger partial charge on any atom is -0.355 e. The van der Waals surface area contributed by atoms with Gasteiger partial charge in [-0.3, -0.25) is 4.79 Å². The first-order valence-corrected chi connectivity index (χ1v) is 12.4. The first-order chi connectivity index (χ1) is 14.7. The first kappa shape index (κ1) is 23.6. The molecule has 10 heteroatoms. The molecule has 3 rings (SSSR count). The van der Waals surface area contributed by atoms with Crippen LogP contribution in [0.25, 0.3) is 11.0 Å². The molecule has 172 valence electrons. The van der Waals surface area contributed by atoms with E-state index < -0.39 is 10.0 Å². The zero-order chi connectivity index (χ0) is 22.6. The van der Waals surface area contributed by atoms with E-state index in [1.807, 2.05) is 13.8 Å². The largest absolute Gasteiger partial charge is 0.355 e. The molecule has 1 amide bonds. The molecular formula is C21H34N6O3S. The van der Waals surface area contributed by atoms with Gasteiger partial charge >= 0.3 is 0 Å². The number of likely N-dealkylation sites (N-methyl/N-ethyl adjacent to an activating group) is 1. The van der Waals surface area contributed by atoms with E-state index in [4.69, 9.17) is 0 Å². The molecule has 1 N–H and O–H groups in total. The Morgan fingerprint density at radius 3 is 2.84 bits per heavy atom. The summed E-state index contributed by atoms with van der Waals surface area (Å²) in [6.45, 7) is 9.75. The highest BCUT2D eigenvalue weighted by molar-refractivity contribution is 7.89. The Bertz CT molecular complexity index is 1000. The number of carbonyl (C=O) groups excluding carboxylic acids is 1. The van der Waals surface area contributed by atoms with Crippen LogP contribution in [0.5, 0.6) is 0 Å². The summed E-state index contributed by atoms with van der Waals surface area (Å²) < 4.78 is 28.6. The van der Waals surface area contributed by atoms with Crippen LogP contribution in [-0.2, 0) is 14.8 Å². The van der Waals surface area contributed by atoms with Crippen LogP contribution in [0, 0.1) is 5.92 Å². The van der Waals surface area contributed by atoms with Crippen LogP contribution in [0.4, 0.5) is 0 Å². The number of rotatable bonds is 9. The zero-order valence-electron chi connectivity index (χ0n) is 18.9. The minimum atomic E-state index is -3.80. The van der Waals surface area contributed by atoms with Gasteiger partial charge in [0.05, 0.1) is 17.0 Å². The van der Waals surface area contributed by atoms with Gasteiger partial charge in [0, 0.05) is 26.2 Å². The average Bonchev–Trinajstić information content (AvgIpc) is 3.15. The molecule has 0 saturated carbocycles. The highest BCUT2D eigenvalue weighted by atomic mass is 32.2. The van der Waals surface area contributed by atoms with E-state index in [9.17, 15) is 13.2 Å². The number of nitrogens with zero attached hydrogens (tertiary/aromatic N) is 5. The summed E-state index contributed by atoms with van der Waals surface area (Å²) in [5.74, 6) is 0.432. The molecule has 0 unspecified atom stereocenters. The van der Waals surface area contributed by atoms with Crippen molar-refractivity contribution in [1.82, 2.24) is 29.5 Å². The topological polar surface area (TPSA) is 100 Å². The Labute approximate surface area is 184 Å². The van der Waals surface area contributed by atoms with E-state index in [1.165, 1.54) is 32.0 Å². The van der Waals surface area contributed by atoms with Crippen LogP contribution in [0.1, 0.15) is 46.1 Å². The Hall–Kier alpha value is -2.04. The van der Waals surface area contributed by atoms with Gasteiger partial charge in [0.2, 0.25) is 15.9 Å². The second-order valence-electron chi connectivity index (χ2n) is 8.79. The average molecular weight is 451 g/mol. The molecule has 1 aromatic carbocycles. The van der Waals surface area contributed by atoms with Crippen LogP contribution in [0.15, 0.2) is 23.1 Å². The quantitative estimate of drug-likeness (QED) is 0.586. The SMILES string of the molecule is CC(C)n1nnc2cc(S(=O)(=O)N(C)CC(=O)NCCCN3CCC[C@@H](C)C3)ccc21. The molecule has 0 aliphatic carbocycles. The number of nitrogens with one attached hydrogen (secondary N) is 1. The van der Waals surface area contributed by atoms with Crippen molar-refractivity contribution in [3.05, 3.63) is 18.2 Å². The number of likely N-dealkylation sites (tertiary alicyclic amines) is 1. The molecule has 1 aliphatic heterocycles. The smallest absolute Gasteiger partial charge is 0.243 e. The van der Waals surface area contributed by atoms with E-state index in [2.05, 4.69) is 27.5 Å². The highest BCUT2D eigenvalue weighted by Crippen LogP contribution is 2.21. The number of hydrogen-bond acceptors (Lipinski definition) is 6. The minimum absolute atomic E-state index is 0.102. The summed E-state index contributed by atoms with van der Waals surface area (Å²) in [5, 5.41) is 11.0. The molecular weight excluding hydrogens is 416 g/mol. The van der Waals surface area contributed by atoms with Crippen LogP contribution < -0.4 is 5.32 Å². The number of benzene rings is 1. The Morgan fingerprint density at radius 2 is 2.13 bits per heavy atom. The molecule has 1 aromatic heterocycles. The molecule has 31 heavy (non-hydrogen) atoms. The number of carbonyl (C=O) groups is 1. The van der Waals surface area contributed by atoms with Gasteiger partial charge < -0.3 is 10.2 Å². The van der Waals surface area contributed by atoms with Crippen molar-refractivity contribution >= 4 is 27.0 Å². The normalized spacial score (nSPS) is 18.2. The number of aromatic nitrogens is 3. The molecule has 0 spiro atoms. The molecule has 2 heterocycles. The van der Waals surface area contributed by atoms with Crippen molar-refractivity contribution < 1.29 is 13.2 Å². The predicted molar refractivity (Wildman–Crippen MR) is 120 cm³/mol. The van der Waals surface area contributed by atoms with Gasteiger partial charge in [-0.2, -0.15) is 4.31 Å². The third-order valence-corrected chi connectivity index (χ3v) is 7.52. The molecule has 2 aromatic rings. The number of hydrogen-bond donors (Lipinski definition) is 1. The maximum atomic E-state index is 12.9. The van der Waals surface area contributed by atoms with Crippen molar-refractivity contribution in [2.75, 3.05) is 39.8 Å². The second-order valence-corrected chi connectivity index (χ2v) is 10.8. The van der Waals surface area contributed by atoms with E-state index in [0.717, 1.165) is 41.8 Å². The van der Waals surface area contributed by atoms with E-state index in [-0.39, 0.29) is 23.4 Å². The Morgan fingerprint density at radius 1 is 1.35 bits per heavy atom. The maximum Gasteiger partial charge on any atom is 0.243 e. The lowest BCUT2D eigenvalue weighted by Crippen LogP contribution is -2.40. The summed E-state index contributed by atoms with van der Waals surface area (Å²) in [6.07, 6.45) is 3.38. The predicted octanol–water partition coefficient (Wildman–Crippen LogP) is 1.87. The van der Waals surface area contributed by atoms with Gasteiger partial charge in [0.1, 0.15) is 5.52 Å². The lowest BCUT2D eigenvalue weighted by atomic mass is 10.0. The Kier molecular flexibility index (Phi) is 7.66. The summed E-state index contributed by atoms with van der Waals surface area (Å²) in [6, 6.07) is 4.87. The van der Waals surface area contributed by atoms with Gasteiger partial charge in [-0.15, -0.1) is 5.10 Å². The van der Waals surface area contributed by atoms with Crippen molar-refractivity contribution in [1.29, 1.82) is 0 Å². The van der Waals surface area contributed by atoms with Crippen molar-refractivity contribution in [3.8, 4) is 0 Å². The third-order valence-electron chi connectivity index (χ3n) is 5.72. The van der Waals surface area contributed by atoms with E-state index >= 15 is 0 Å². The molecule has 1 atom stereocenters. The van der Waals surface area contributed by atoms with Crippen molar-refractivity contribution in [3.63, 3.8) is 0 Å². The summed E-state index contributed by atoms with van der Waals surface area (Å²) in [7, 11) is -2.39. The van der Waals surface area contributed by atoms with E-state index in [0.29, 0.717) is 12.1 Å². The van der Waals surface area contributed by atoms with Gasteiger partial charge in [-0.1, -0.05) is 12.1 Å². The zero-order valence-corrected chi connectivity index (χ0v) is 19.7. The van der Waals surface area contributed by atoms with Gasteiger partial charge in [0.25, 0.3) is 0 Å². The van der Waals surface area contributed by atoms with Gasteiger partial charge in [0.15, 0.2) is 0 Å². The molecule has 1 aliphatic rings. The maximum absolute atomic E-state index is 12.9. The summed E-state index contributed by atoms with van der Waals surface area (Å²) in [5.41, 5.74) is 1.29. The number of piperidine rings is 1. The fraction of sp³-hybridized carbons (Fsp3) is 0.667. The Balaban J connectivity index is 1.52. The van der Waals surface area contributed by atoms with Crippen LogP contribution in [-0.4, -0.2) is 78.3 Å². The van der Waals surface area contributed by atoms with Crippen molar-refractivity contribution in [2.24, 2.45) is 5.92 Å². The monoisotopic (exact) mass is 450 g/mol. The number of fused-ring (bicyclic) bond motifs is 1. The lowest BCUT2D eigenvalue weighted by Gasteiger charge is -2.30. The fourth-order valence-corrected chi connectivity index (χ4v) is 5.15. The fourth-order valence-electron chi connectivity index (χ4n) is 4.01. The van der Waals surface area contributed by atoms with Crippen molar-refractivity contribution in [2.45, 2.75) is 51.0 Å². The third kappa shape index (κ3) is 5.81. The molecule has 9 nitrogen and oxygen atoms in total. The van der Waals surface area contributed by atoms with Gasteiger partial charge in [-0.25, -0.2) is 13.1 Å². The summed E-state index contributed by atoms with van der Waals surface area (Å²) >= 11 is 0. The highest BCUT2D eigenvalue weighted by Gasteiger charge is 2.24. The van der Waals surface area contributed by atoms with Crippen LogP contribution in [0.2, 0.25) is 0 Å². The molecule has 1 saturated heterocycles. The lowest BCUT2D eigenvalue weighted by molar-refractivity contribution is -0.121. The van der Waals surface area contributed by atoms with Crippen LogP contribution >= 0.6 is 0 Å². The number of sulfonamides is 1. The van der Waals surface area contributed by atoms with Gasteiger partial charge in [-0.05, 0) is 70.3 Å². The first-order valence-electron chi connectivity index (χ1n) is 11.0. The standard InChI is InChI=1S/C21H34N6O3S/c1-16(2)27-20-9-8-18(13-19(20)23-24-27)31(29,30)25(4)15-21(28)22-10-6-12-26-11-5-7-17(3)14-26/h8-9,13,16-17H,5-7,10-12,14-15H2,1-4H3,(H,22,28)/t17-/m1/s1. The second kappa shape index (κ2) is 10.1. The number of amides is 1. The molecule has 1 fully saturated rings. The summed E-state index contributed by atoms with van der Waals surface area (Å²) in [4.78, 5) is 14.8. The van der Waals surface area contributed by atoms with Crippen LogP contribution in [0.3, 0.4) is 0 Å². The molecule has 0 bridgehead atoms. The van der Waals surface area contributed by atoms with E-state index in [1.54, 1.807) is 10.7 Å².